The smallest absolute Gasteiger partial charge is 0.136 e. The Morgan fingerprint density at radius 3 is 1.14 bits per heavy atom. The summed E-state index contributed by atoms with van der Waals surface area (Å²) in [5.74, 6) is 0.404. The van der Waals surface area contributed by atoms with Gasteiger partial charge in [0.25, 0.3) is 0 Å². The Morgan fingerprint density at radius 2 is 0.789 bits per heavy atom. The topological polar surface area (TPSA) is 67.2 Å². The van der Waals surface area contributed by atoms with Gasteiger partial charge in [-0.2, -0.15) is 10.5 Å². The third-order valence-electron chi connectivity index (χ3n) is 11.0. The van der Waals surface area contributed by atoms with E-state index in [1.807, 2.05) is 60.7 Å². The lowest BCUT2D eigenvalue weighted by Crippen LogP contribution is -2.13. The van der Waals surface area contributed by atoms with E-state index in [-0.39, 0.29) is 11.8 Å². The maximum Gasteiger partial charge on any atom is 0.136 e. The van der Waals surface area contributed by atoms with Gasteiger partial charge in [0.05, 0.1) is 34.6 Å². The quantitative estimate of drug-likeness (QED) is 0.155. The Morgan fingerprint density at radius 1 is 0.421 bits per heavy atom. The third kappa shape index (κ3) is 6.21. The summed E-state index contributed by atoms with van der Waals surface area (Å²) in [6, 6.07) is 58.8. The molecule has 0 unspecified atom stereocenters. The minimum atomic E-state index is 0.202. The minimum Gasteiger partial charge on any atom is -0.456 e. The van der Waals surface area contributed by atoms with Crippen LogP contribution in [0.15, 0.2) is 162 Å². The average molecular weight is 737 g/mol. The fourth-order valence-corrected chi connectivity index (χ4v) is 8.42. The summed E-state index contributed by atoms with van der Waals surface area (Å²) in [5.41, 5.74) is 11.7. The first-order chi connectivity index (χ1) is 27.8. The molecule has 5 nitrogen and oxygen atoms in total. The van der Waals surface area contributed by atoms with Gasteiger partial charge in [0.15, 0.2) is 0 Å². The van der Waals surface area contributed by atoms with Crippen LogP contribution in [-0.4, -0.2) is 0 Å². The van der Waals surface area contributed by atoms with Crippen LogP contribution in [0.3, 0.4) is 0 Å². The molecule has 274 valence electrons. The summed E-state index contributed by atoms with van der Waals surface area (Å²) >= 11 is 0. The van der Waals surface area contributed by atoms with Gasteiger partial charge in [-0.25, -0.2) is 0 Å². The number of nitrogens with zero attached hydrogens (tertiary/aromatic N) is 4. The maximum atomic E-state index is 9.52. The molecule has 0 amide bonds. The van der Waals surface area contributed by atoms with Crippen molar-refractivity contribution in [3.8, 4) is 12.1 Å². The van der Waals surface area contributed by atoms with Crippen LogP contribution in [0.4, 0.5) is 34.1 Å². The molecule has 8 aromatic carbocycles. The highest BCUT2D eigenvalue weighted by molar-refractivity contribution is 6.15. The Balaban J connectivity index is 1.24. The highest BCUT2D eigenvalue weighted by atomic mass is 16.3. The highest BCUT2D eigenvalue weighted by Gasteiger charge is 2.24. The predicted octanol–water partition coefficient (Wildman–Crippen LogP) is 14.8. The number of hydrogen-bond donors (Lipinski definition) is 0. The van der Waals surface area contributed by atoms with Crippen LogP contribution in [-0.2, 0) is 0 Å². The number of para-hydroxylation sites is 2. The van der Waals surface area contributed by atoms with Crippen molar-refractivity contribution in [2.24, 2.45) is 0 Å². The van der Waals surface area contributed by atoms with Gasteiger partial charge in [-0.3, -0.25) is 0 Å². The molecule has 57 heavy (non-hydrogen) atoms. The fourth-order valence-electron chi connectivity index (χ4n) is 8.42. The largest absolute Gasteiger partial charge is 0.456 e. The molecule has 0 atom stereocenters. The van der Waals surface area contributed by atoms with E-state index in [4.69, 9.17) is 4.42 Å². The van der Waals surface area contributed by atoms with Crippen molar-refractivity contribution in [3.63, 3.8) is 0 Å². The van der Waals surface area contributed by atoms with Crippen molar-refractivity contribution in [2.75, 3.05) is 9.80 Å². The van der Waals surface area contributed by atoms with E-state index in [0.717, 1.165) is 77.6 Å². The van der Waals surface area contributed by atoms with E-state index in [1.165, 1.54) is 11.1 Å². The second-order valence-electron chi connectivity index (χ2n) is 15.2. The molecule has 1 heterocycles. The first-order valence-electron chi connectivity index (χ1n) is 19.4. The van der Waals surface area contributed by atoms with Crippen LogP contribution < -0.4 is 9.80 Å². The number of nitriles is 2. The molecule has 0 radical (unpaired) electrons. The van der Waals surface area contributed by atoms with Crippen LogP contribution >= 0.6 is 0 Å². The first-order valence-corrected chi connectivity index (χ1v) is 19.4. The summed E-state index contributed by atoms with van der Waals surface area (Å²) in [5, 5.41) is 25.8. The van der Waals surface area contributed by atoms with Gasteiger partial charge in [0, 0.05) is 33.5 Å². The zero-order valence-electron chi connectivity index (χ0n) is 32.4. The summed E-state index contributed by atoms with van der Waals surface area (Å²) < 4.78 is 6.84. The van der Waals surface area contributed by atoms with E-state index >= 15 is 0 Å². The van der Waals surface area contributed by atoms with Crippen LogP contribution in [0.5, 0.6) is 0 Å². The molecule has 0 saturated carbocycles. The van der Waals surface area contributed by atoms with E-state index in [0.29, 0.717) is 11.1 Å². The second kappa shape index (κ2) is 14.4. The van der Waals surface area contributed by atoms with Crippen LogP contribution in [0, 0.1) is 22.7 Å². The zero-order chi connectivity index (χ0) is 39.2. The Kier molecular flexibility index (Phi) is 8.92. The van der Waals surface area contributed by atoms with Crippen molar-refractivity contribution in [2.45, 2.75) is 39.5 Å². The molecule has 9 aromatic rings. The maximum absolute atomic E-state index is 9.52. The van der Waals surface area contributed by atoms with E-state index < -0.39 is 0 Å². The average Bonchev–Trinajstić information content (AvgIpc) is 3.59. The normalized spacial score (nSPS) is 11.4. The molecule has 0 saturated heterocycles. The Labute approximate surface area is 332 Å². The number of fused-ring (bicyclic) bond motifs is 5. The monoisotopic (exact) mass is 736 g/mol. The van der Waals surface area contributed by atoms with Crippen molar-refractivity contribution in [3.05, 3.63) is 180 Å². The van der Waals surface area contributed by atoms with Gasteiger partial charge in [-0.1, -0.05) is 76.2 Å². The summed E-state index contributed by atoms with van der Waals surface area (Å²) in [7, 11) is 0. The Hall–Kier alpha value is -7.34. The molecule has 9 rings (SSSR count). The molecular weight excluding hydrogens is 697 g/mol. The van der Waals surface area contributed by atoms with Crippen molar-refractivity contribution < 1.29 is 4.42 Å². The standard InChI is InChI=1S/C52H40N4O/c1-33(2)51-43-29-49-45(27-37(43)19-25-47(51)55(39-11-7-5-8-12-39)41-21-15-35(31-53)16-22-41)46-28-38-20-26-48(52(34(3)4)44(38)30-50(46)57-49)56(40-13-9-6-10-14-40)42-23-17-36(32-54)18-24-42/h5-30,33-34H,1-4H3. The summed E-state index contributed by atoms with van der Waals surface area (Å²) in [6.07, 6.45) is 0. The van der Waals surface area contributed by atoms with Crippen molar-refractivity contribution in [1.29, 1.82) is 10.5 Å². The van der Waals surface area contributed by atoms with Crippen molar-refractivity contribution >= 4 is 77.6 Å². The molecule has 1 aromatic heterocycles. The zero-order valence-corrected chi connectivity index (χ0v) is 32.4. The Bertz CT molecular complexity index is 2820. The van der Waals surface area contributed by atoms with Gasteiger partial charge >= 0.3 is 0 Å². The lowest BCUT2D eigenvalue weighted by molar-refractivity contribution is 0.670. The number of rotatable bonds is 8. The number of furan rings is 1. The van der Waals surface area contributed by atoms with E-state index in [2.05, 4.69) is 147 Å². The van der Waals surface area contributed by atoms with E-state index in [9.17, 15) is 10.5 Å². The SMILES string of the molecule is CC(C)c1c(N(c2ccccc2)c2ccc(C#N)cc2)ccc2cc3c(cc12)oc1cc2c(C(C)C)c(N(c4ccccc4)c4ccc(C#N)cc4)ccc2cc13. The molecule has 0 fully saturated rings. The van der Waals surface area contributed by atoms with Crippen LogP contribution in [0.25, 0.3) is 43.5 Å². The molecule has 0 spiro atoms. The van der Waals surface area contributed by atoms with Crippen LogP contribution in [0.2, 0.25) is 0 Å². The molecule has 0 bridgehead atoms. The van der Waals surface area contributed by atoms with Gasteiger partial charge in [-0.05, 0) is 154 Å². The molecule has 0 aliphatic heterocycles. The lowest BCUT2D eigenvalue weighted by Gasteiger charge is -2.29. The summed E-state index contributed by atoms with van der Waals surface area (Å²) in [4.78, 5) is 4.57. The van der Waals surface area contributed by atoms with Gasteiger partial charge in [0.2, 0.25) is 0 Å². The van der Waals surface area contributed by atoms with Crippen LogP contribution in [0.1, 0.15) is 61.8 Å². The number of benzene rings is 8. The van der Waals surface area contributed by atoms with E-state index in [1.54, 1.807) is 0 Å². The highest BCUT2D eigenvalue weighted by Crippen LogP contribution is 2.46. The molecule has 5 heteroatoms. The predicted molar refractivity (Wildman–Crippen MR) is 236 cm³/mol. The third-order valence-corrected chi connectivity index (χ3v) is 11.0. The molecule has 0 N–H and O–H groups in total. The second-order valence-corrected chi connectivity index (χ2v) is 15.2. The number of hydrogen-bond acceptors (Lipinski definition) is 5. The lowest BCUT2D eigenvalue weighted by atomic mass is 9.91. The minimum absolute atomic E-state index is 0.202. The molecule has 0 aliphatic carbocycles. The fraction of sp³-hybridized carbons (Fsp3) is 0.115. The van der Waals surface area contributed by atoms with Crippen molar-refractivity contribution in [1.82, 2.24) is 0 Å². The van der Waals surface area contributed by atoms with Gasteiger partial charge in [0.1, 0.15) is 11.2 Å². The van der Waals surface area contributed by atoms with Gasteiger partial charge in [-0.15, -0.1) is 0 Å². The van der Waals surface area contributed by atoms with Gasteiger partial charge < -0.3 is 14.2 Å². The summed E-state index contributed by atoms with van der Waals surface area (Å²) in [6.45, 7) is 8.99. The molecular formula is C52H40N4O. The first kappa shape index (κ1) is 35.4. The number of anilines is 6. The molecule has 0 aliphatic rings.